The minimum absolute atomic E-state index is 0.130. The molecule has 1 aromatic heterocycles. The van der Waals surface area contributed by atoms with Gasteiger partial charge in [0, 0.05) is 11.6 Å². The number of H-pyrrole nitrogens is 1. The summed E-state index contributed by atoms with van der Waals surface area (Å²) in [5, 5.41) is 9.58. The van der Waals surface area contributed by atoms with Crippen molar-refractivity contribution in [1.29, 1.82) is 0 Å². The van der Waals surface area contributed by atoms with Crippen molar-refractivity contribution >= 4 is 11.0 Å². The summed E-state index contributed by atoms with van der Waals surface area (Å²) in [5.74, 6) is 0.860. The Morgan fingerprint density at radius 2 is 2.05 bits per heavy atom. The normalized spacial score (nSPS) is 10.8. The molecule has 0 aliphatic carbocycles. The number of para-hydroxylation sites is 1. The van der Waals surface area contributed by atoms with Crippen LogP contribution in [-0.2, 0) is 6.54 Å². The summed E-state index contributed by atoms with van der Waals surface area (Å²) in [7, 11) is 1.60. The van der Waals surface area contributed by atoms with E-state index in [1.807, 2.05) is 24.3 Å². The molecule has 1 heterocycles. The topological polar surface area (TPSA) is 67.2 Å². The maximum absolute atomic E-state index is 12.0. The lowest BCUT2D eigenvalue weighted by molar-refractivity contribution is 0.408. The van der Waals surface area contributed by atoms with Crippen molar-refractivity contribution in [3.63, 3.8) is 0 Å². The van der Waals surface area contributed by atoms with Crippen molar-refractivity contribution in [2.24, 2.45) is 0 Å². The molecule has 0 aliphatic heterocycles. The number of rotatable bonds is 3. The number of imidazole rings is 1. The Bertz CT molecular complexity index is 817. The molecule has 2 aromatic carbocycles. The molecule has 102 valence electrons. The average molecular weight is 270 g/mol. The number of nitrogens with zero attached hydrogens (tertiary/aromatic N) is 1. The molecule has 0 fully saturated rings. The molecule has 20 heavy (non-hydrogen) atoms. The second kappa shape index (κ2) is 4.77. The second-order valence-electron chi connectivity index (χ2n) is 4.53. The largest absolute Gasteiger partial charge is 0.508 e. The van der Waals surface area contributed by atoms with E-state index in [-0.39, 0.29) is 11.4 Å². The van der Waals surface area contributed by atoms with Gasteiger partial charge in [-0.05, 0) is 18.2 Å². The first kappa shape index (κ1) is 12.3. The van der Waals surface area contributed by atoms with Crippen molar-refractivity contribution in [1.82, 2.24) is 9.55 Å². The smallest absolute Gasteiger partial charge is 0.326 e. The molecule has 0 aliphatic rings. The second-order valence-corrected chi connectivity index (χ2v) is 4.53. The Morgan fingerprint density at radius 3 is 2.85 bits per heavy atom. The van der Waals surface area contributed by atoms with Crippen LogP contribution in [0.25, 0.3) is 11.0 Å². The van der Waals surface area contributed by atoms with Crippen molar-refractivity contribution < 1.29 is 9.84 Å². The van der Waals surface area contributed by atoms with Crippen LogP contribution in [0.15, 0.2) is 47.3 Å². The van der Waals surface area contributed by atoms with Crippen LogP contribution in [0.1, 0.15) is 5.56 Å². The predicted molar refractivity (Wildman–Crippen MR) is 76.3 cm³/mol. The van der Waals surface area contributed by atoms with Crippen molar-refractivity contribution in [3.8, 4) is 11.5 Å². The molecule has 0 saturated heterocycles. The van der Waals surface area contributed by atoms with E-state index in [0.717, 1.165) is 11.3 Å². The van der Waals surface area contributed by atoms with Crippen molar-refractivity contribution in [2.75, 3.05) is 7.11 Å². The van der Waals surface area contributed by atoms with Crippen molar-refractivity contribution in [3.05, 3.63) is 58.5 Å². The Kier molecular flexibility index (Phi) is 2.95. The van der Waals surface area contributed by atoms with E-state index in [4.69, 9.17) is 4.74 Å². The third-order valence-corrected chi connectivity index (χ3v) is 3.28. The standard InChI is InChI=1S/C15H14N2O3/c1-20-14-5-3-2-4-10(14)9-17-13-8-11(18)6-7-12(13)16-15(17)19/h2-8,18H,9H2,1H3,(H,16,19). The first-order valence-corrected chi connectivity index (χ1v) is 6.22. The van der Waals surface area contributed by atoms with Gasteiger partial charge in [-0.1, -0.05) is 18.2 Å². The highest BCUT2D eigenvalue weighted by molar-refractivity contribution is 5.77. The molecule has 0 bridgehead atoms. The highest BCUT2D eigenvalue weighted by atomic mass is 16.5. The molecule has 3 rings (SSSR count). The van der Waals surface area contributed by atoms with E-state index >= 15 is 0 Å². The Hall–Kier alpha value is -2.69. The maximum Gasteiger partial charge on any atom is 0.326 e. The fraction of sp³-hybridized carbons (Fsp3) is 0.133. The molecule has 0 atom stereocenters. The van der Waals surface area contributed by atoms with E-state index in [0.29, 0.717) is 17.6 Å². The zero-order valence-corrected chi connectivity index (χ0v) is 11.0. The van der Waals surface area contributed by atoms with Gasteiger partial charge >= 0.3 is 5.69 Å². The molecular weight excluding hydrogens is 256 g/mol. The lowest BCUT2D eigenvalue weighted by Gasteiger charge is -2.09. The van der Waals surface area contributed by atoms with Gasteiger partial charge < -0.3 is 14.8 Å². The molecule has 0 radical (unpaired) electrons. The molecule has 0 amide bonds. The van der Waals surface area contributed by atoms with Crippen LogP contribution in [0.2, 0.25) is 0 Å². The van der Waals surface area contributed by atoms with Gasteiger partial charge in [0.2, 0.25) is 0 Å². The lowest BCUT2D eigenvalue weighted by atomic mass is 10.2. The summed E-state index contributed by atoms with van der Waals surface area (Å²) < 4.78 is 6.87. The number of ether oxygens (including phenoxy) is 1. The number of nitrogens with one attached hydrogen (secondary N) is 1. The number of phenols is 1. The number of benzene rings is 2. The number of hydrogen-bond donors (Lipinski definition) is 2. The third kappa shape index (κ3) is 2.03. The Morgan fingerprint density at radius 1 is 1.25 bits per heavy atom. The number of hydrogen-bond acceptors (Lipinski definition) is 3. The number of aromatic amines is 1. The summed E-state index contributed by atoms with van der Waals surface area (Å²) in [6, 6.07) is 12.3. The molecule has 0 unspecified atom stereocenters. The first-order chi connectivity index (χ1) is 9.69. The SMILES string of the molecule is COc1ccccc1Cn1c(=O)[nH]c2ccc(O)cc21. The van der Waals surface area contributed by atoms with Gasteiger partial charge in [-0.2, -0.15) is 0 Å². The Labute approximate surface area is 115 Å². The number of aromatic nitrogens is 2. The number of aromatic hydroxyl groups is 1. The van der Waals surface area contributed by atoms with Gasteiger partial charge in [-0.3, -0.25) is 4.57 Å². The summed E-state index contributed by atoms with van der Waals surface area (Å²) in [4.78, 5) is 14.8. The summed E-state index contributed by atoms with van der Waals surface area (Å²) in [6.07, 6.45) is 0. The summed E-state index contributed by atoms with van der Waals surface area (Å²) >= 11 is 0. The molecular formula is C15H14N2O3. The Balaban J connectivity index is 2.13. The average Bonchev–Trinajstić information content (AvgIpc) is 2.76. The monoisotopic (exact) mass is 270 g/mol. The molecule has 5 heteroatoms. The lowest BCUT2D eigenvalue weighted by Crippen LogP contribution is -2.17. The number of phenolic OH excluding ortho intramolecular Hbond substituents is 1. The first-order valence-electron chi connectivity index (χ1n) is 6.22. The van der Waals surface area contributed by atoms with Gasteiger partial charge in [0.1, 0.15) is 11.5 Å². The van der Waals surface area contributed by atoms with Crippen LogP contribution in [0, 0.1) is 0 Å². The van der Waals surface area contributed by atoms with Gasteiger partial charge in [0.15, 0.2) is 0 Å². The van der Waals surface area contributed by atoms with Crippen LogP contribution in [-0.4, -0.2) is 21.8 Å². The summed E-state index contributed by atoms with van der Waals surface area (Å²) in [5.41, 5.74) is 2.06. The van der Waals surface area contributed by atoms with E-state index in [9.17, 15) is 9.90 Å². The van der Waals surface area contributed by atoms with Crippen LogP contribution in [0.3, 0.4) is 0 Å². The molecule has 5 nitrogen and oxygen atoms in total. The van der Waals surface area contributed by atoms with E-state index < -0.39 is 0 Å². The number of methoxy groups -OCH3 is 1. The van der Waals surface area contributed by atoms with Gasteiger partial charge in [0.05, 0.1) is 24.7 Å². The van der Waals surface area contributed by atoms with Gasteiger partial charge in [-0.25, -0.2) is 4.79 Å². The zero-order valence-electron chi connectivity index (χ0n) is 11.0. The number of fused-ring (bicyclic) bond motifs is 1. The van der Waals surface area contributed by atoms with Crippen LogP contribution in [0.4, 0.5) is 0 Å². The van der Waals surface area contributed by atoms with Crippen LogP contribution < -0.4 is 10.4 Å². The third-order valence-electron chi connectivity index (χ3n) is 3.28. The zero-order chi connectivity index (χ0) is 14.1. The highest BCUT2D eigenvalue weighted by Gasteiger charge is 2.10. The van der Waals surface area contributed by atoms with E-state index in [1.165, 1.54) is 0 Å². The van der Waals surface area contributed by atoms with Crippen molar-refractivity contribution in [2.45, 2.75) is 6.54 Å². The maximum atomic E-state index is 12.0. The van der Waals surface area contributed by atoms with Gasteiger partial charge in [0.25, 0.3) is 0 Å². The van der Waals surface area contributed by atoms with E-state index in [1.54, 1.807) is 29.9 Å². The molecule has 0 spiro atoms. The van der Waals surface area contributed by atoms with Gasteiger partial charge in [-0.15, -0.1) is 0 Å². The van der Waals surface area contributed by atoms with Crippen LogP contribution in [0.5, 0.6) is 11.5 Å². The van der Waals surface area contributed by atoms with E-state index in [2.05, 4.69) is 4.98 Å². The summed E-state index contributed by atoms with van der Waals surface area (Å²) in [6.45, 7) is 0.381. The quantitative estimate of drug-likeness (QED) is 0.765. The highest BCUT2D eigenvalue weighted by Crippen LogP contribution is 2.21. The molecule has 0 saturated carbocycles. The fourth-order valence-electron chi connectivity index (χ4n) is 2.30. The molecule has 2 N–H and O–H groups in total. The predicted octanol–water partition coefficient (Wildman–Crippen LogP) is 2.09. The molecule has 3 aromatic rings. The minimum atomic E-state index is -0.212. The fourth-order valence-corrected chi connectivity index (χ4v) is 2.30. The van der Waals surface area contributed by atoms with Crippen LogP contribution >= 0.6 is 0 Å². The minimum Gasteiger partial charge on any atom is -0.508 e.